The molecule has 3 unspecified atom stereocenters. The van der Waals surface area contributed by atoms with E-state index in [1.807, 2.05) is 0 Å². The highest BCUT2D eigenvalue weighted by Crippen LogP contribution is 2.58. The van der Waals surface area contributed by atoms with Crippen molar-refractivity contribution < 1.29 is 4.74 Å². The van der Waals surface area contributed by atoms with Gasteiger partial charge in [0.2, 0.25) is 0 Å². The molecule has 4 heteroatoms. The van der Waals surface area contributed by atoms with Crippen LogP contribution in [0.5, 0.6) is 5.75 Å². The van der Waals surface area contributed by atoms with Crippen LogP contribution in [0.1, 0.15) is 132 Å². The fourth-order valence-electron chi connectivity index (χ4n) is 8.53. The number of nitrogens with one attached hydrogen (secondary N) is 1. The molecule has 3 aromatic carbocycles. The number of allylic oxidation sites excluding steroid dienone is 3. The van der Waals surface area contributed by atoms with Crippen molar-refractivity contribution >= 4 is 31.0 Å². The third-order valence-corrected chi connectivity index (χ3v) is 12.6. The Hall–Kier alpha value is -2.40. The van der Waals surface area contributed by atoms with Crippen LogP contribution in [0, 0.1) is 22.7 Å². The van der Waals surface area contributed by atoms with Crippen LogP contribution >= 0.6 is 25.3 Å². The standard InChI is InChI=1S/C49H73NOS2/c1-12-14-22-41(45(46(3,4)5)49(10,53)47(6,7)44(35-36-50-11)48(8,9)52)25-20-19-21-37-27-29-40(30-28-37)43(26-15-13-2)51-42-33-31-39(32-34-42)38-23-17-16-18-24-38/h16-18,22-24,26-34,44-45,50,52-53H,12-15,19-21,25,35-36H2,1-11H3/b41-22-,43-26+. The fourth-order valence-corrected chi connectivity index (χ4v) is 9.69. The molecule has 0 fully saturated rings. The molecule has 2 nitrogen and oxygen atoms in total. The predicted octanol–water partition coefficient (Wildman–Crippen LogP) is 14.3. The molecule has 3 aromatic rings. The summed E-state index contributed by atoms with van der Waals surface area (Å²) in [6.45, 7) is 24.6. The summed E-state index contributed by atoms with van der Waals surface area (Å²) < 4.78 is 6.12. The molecule has 0 aromatic heterocycles. The monoisotopic (exact) mass is 756 g/mol. The summed E-state index contributed by atoms with van der Waals surface area (Å²) in [6.07, 6.45) is 14.7. The van der Waals surface area contributed by atoms with Gasteiger partial charge in [0.15, 0.2) is 0 Å². The van der Waals surface area contributed by atoms with Gasteiger partial charge < -0.3 is 10.1 Å². The Morgan fingerprint density at radius 2 is 1.32 bits per heavy atom. The average molecular weight is 756 g/mol. The summed E-state index contributed by atoms with van der Waals surface area (Å²) in [5.74, 6) is 2.50. The highest BCUT2D eigenvalue weighted by atomic mass is 32.1. The number of thiol groups is 2. The molecule has 0 aliphatic rings. The number of hydrogen-bond donors (Lipinski definition) is 3. The molecule has 292 valence electrons. The summed E-state index contributed by atoms with van der Waals surface area (Å²) >= 11 is 10.9. The van der Waals surface area contributed by atoms with Crippen LogP contribution in [0.4, 0.5) is 0 Å². The van der Waals surface area contributed by atoms with E-state index in [-0.39, 0.29) is 20.3 Å². The summed E-state index contributed by atoms with van der Waals surface area (Å²) in [5, 5.41) is 3.40. The predicted molar refractivity (Wildman–Crippen MR) is 242 cm³/mol. The lowest BCUT2D eigenvalue weighted by Crippen LogP contribution is -2.56. The molecule has 3 rings (SSSR count). The van der Waals surface area contributed by atoms with Gasteiger partial charge in [-0.25, -0.2) is 0 Å². The molecule has 1 N–H and O–H groups in total. The molecule has 0 radical (unpaired) electrons. The minimum Gasteiger partial charge on any atom is -0.457 e. The van der Waals surface area contributed by atoms with Gasteiger partial charge in [0.1, 0.15) is 11.5 Å². The van der Waals surface area contributed by atoms with E-state index >= 15 is 0 Å². The molecule has 0 aliphatic carbocycles. The third-order valence-electron chi connectivity index (χ3n) is 11.4. The van der Waals surface area contributed by atoms with Gasteiger partial charge in [-0.15, -0.1) is 0 Å². The lowest BCUT2D eigenvalue weighted by molar-refractivity contribution is 0.0558. The topological polar surface area (TPSA) is 21.3 Å². The first-order chi connectivity index (χ1) is 25.0. The van der Waals surface area contributed by atoms with Crippen molar-refractivity contribution in [3.8, 4) is 16.9 Å². The second kappa shape index (κ2) is 20.5. The SMILES string of the molecule is CCC/C=C(/CCCCc1ccc(/C(=C\CCC)Oc2ccc(-c3ccccc3)cc2)cc1)C(C(C)(C)C)C(C)(S)C(C)(C)C(CCNC)C(C)(C)S. The lowest BCUT2D eigenvalue weighted by Gasteiger charge is -2.57. The highest BCUT2D eigenvalue weighted by molar-refractivity contribution is 7.82. The fraction of sp³-hybridized carbons (Fsp3) is 0.551. The average Bonchev–Trinajstić information content (AvgIpc) is 3.10. The van der Waals surface area contributed by atoms with Crippen molar-refractivity contribution in [3.63, 3.8) is 0 Å². The zero-order valence-corrected chi connectivity index (χ0v) is 37.0. The number of unbranched alkanes of at least 4 members (excludes halogenated alkanes) is 3. The highest BCUT2D eigenvalue weighted by Gasteiger charge is 2.54. The van der Waals surface area contributed by atoms with Gasteiger partial charge in [-0.1, -0.05) is 154 Å². The van der Waals surface area contributed by atoms with Gasteiger partial charge in [-0.3, -0.25) is 0 Å². The Bertz CT molecular complexity index is 1550. The maximum Gasteiger partial charge on any atom is 0.130 e. The van der Waals surface area contributed by atoms with E-state index in [9.17, 15) is 0 Å². The number of ether oxygens (including phenoxy) is 1. The summed E-state index contributed by atoms with van der Waals surface area (Å²) in [6, 6.07) is 28.0. The summed E-state index contributed by atoms with van der Waals surface area (Å²) in [4.78, 5) is 0. The third kappa shape index (κ3) is 12.8. The second-order valence-corrected chi connectivity index (χ2v) is 19.7. The van der Waals surface area contributed by atoms with Gasteiger partial charge in [0, 0.05) is 15.1 Å². The van der Waals surface area contributed by atoms with E-state index in [1.165, 1.54) is 23.1 Å². The number of hydrogen-bond acceptors (Lipinski definition) is 4. The maximum absolute atomic E-state index is 6.49. The Kier molecular flexibility index (Phi) is 17.4. The molecule has 53 heavy (non-hydrogen) atoms. The summed E-state index contributed by atoms with van der Waals surface area (Å²) in [7, 11) is 2.05. The Morgan fingerprint density at radius 3 is 1.87 bits per heavy atom. The number of benzene rings is 3. The van der Waals surface area contributed by atoms with Crippen LogP contribution in [0.15, 0.2) is 96.6 Å². The van der Waals surface area contributed by atoms with Crippen molar-refractivity contribution in [2.45, 2.75) is 137 Å². The first-order valence-corrected chi connectivity index (χ1v) is 21.3. The Labute approximate surface area is 336 Å². The molecule has 0 bridgehead atoms. The molecule has 0 heterocycles. The number of aryl methyl sites for hydroxylation is 1. The van der Waals surface area contributed by atoms with E-state index in [1.54, 1.807) is 5.57 Å². The van der Waals surface area contributed by atoms with Crippen molar-refractivity contribution in [2.75, 3.05) is 13.6 Å². The number of rotatable bonds is 21. The minimum absolute atomic E-state index is 0.0620. The van der Waals surface area contributed by atoms with Crippen LogP contribution in [-0.4, -0.2) is 23.1 Å². The van der Waals surface area contributed by atoms with Gasteiger partial charge in [0.05, 0.1) is 0 Å². The molecule has 0 aliphatic heterocycles. The van der Waals surface area contributed by atoms with Crippen LogP contribution in [0.2, 0.25) is 0 Å². The first-order valence-electron chi connectivity index (χ1n) is 20.4. The van der Waals surface area contributed by atoms with E-state index in [0.29, 0.717) is 11.8 Å². The van der Waals surface area contributed by atoms with E-state index in [0.717, 1.165) is 75.0 Å². The van der Waals surface area contributed by atoms with E-state index < -0.39 is 0 Å². The lowest BCUT2D eigenvalue weighted by atomic mass is 9.55. The van der Waals surface area contributed by atoms with Gasteiger partial charge >= 0.3 is 0 Å². The quantitative estimate of drug-likeness (QED) is 0.0436. The Morgan fingerprint density at radius 1 is 0.736 bits per heavy atom. The van der Waals surface area contributed by atoms with Crippen molar-refractivity contribution in [1.82, 2.24) is 5.32 Å². The van der Waals surface area contributed by atoms with Crippen molar-refractivity contribution in [1.29, 1.82) is 0 Å². The van der Waals surface area contributed by atoms with Gasteiger partial charge in [0.25, 0.3) is 0 Å². The Balaban J connectivity index is 1.74. The molecule has 0 amide bonds. The molecule has 0 spiro atoms. The zero-order chi connectivity index (χ0) is 39.3. The normalized spacial score (nSPS) is 15.6. The first kappa shape index (κ1) is 45.0. The van der Waals surface area contributed by atoms with E-state index in [4.69, 9.17) is 30.0 Å². The van der Waals surface area contributed by atoms with Crippen LogP contribution < -0.4 is 10.1 Å². The van der Waals surface area contributed by atoms with Crippen LogP contribution in [0.3, 0.4) is 0 Å². The molecule has 0 saturated carbocycles. The maximum atomic E-state index is 6.49. The molecule has 3 atom stereocenters. The smallest absolute Gasteiger partial charge is 0.130 e. The second-order valence-electron chi connectivity index (χ2n) is 17.6. The van der Waals surface area contributed by atoms with Crippen molar-refractivity contribution in [2.24, 2.45) is 22.7 Å². The van der Waals surface area contributed by atoms with E-state index in [2.05, 4.69) is 173 Å². The van der Waals surface area contributed by atoms with Gasteiger partial charge in [-0.2, -0.15) is 25.3 Å². The largest absolute Gasteiger partial charge is 0.457 e. The van der Waals surface area contributed by atoms with Crippen LogP contribution in [-0.2, 0) is 6.42 Å². The minimum atomic E-state index is -0.242. The van der Waals surface area contributed by atoms with Crippen molar-refractivity contribution in [3.05, 3.63) is 108 Å². The zero-order valence-electron chi connectivity index (χ0n) is 35.2. The molecular weight excluding hydrogens is 683 g/mol. The summed E-state index contributed by atoms with van der Waals surface area (Å²) in [5.41, 5.74) is 6.49. The molecule has 0 saturated heterocycles. The molecular formula is C49H73NOS2. The van der Waals surface area contributed by atoms with Gasteiger partial charge in [-0.05, 0) is 123 Å². The van der Waals surface area contributed by atoms with Crippen LogP contribution in [0.25, 0.3) is 16.9 Å².